The van der Waals surface area contributed by atoms with E-state index in [1.165, 1.54) is 0 Å². The van der Waals surface area contributed by atoms with Gasteiger partial charge in [0.25, 0.3) is 0 Å². The van der Waals surface area contributed by atoms with Gasteiger partial charge in [0.05, 0.1) is 11.2 Å². The minimum atomic E-state index is -0.403. The highest BCUT2D eigenvalue weighted by Gasteiger charge is 2.13. The quantitative estimate of drug-likeness (QED) is 0.428. The third-order valence-electron chi connectivity index (χ3n) is 1.37. The Morgan fingerprint density at radius 3 is 1.13 bits per heavy atom. The molecule has 0 fully saturated rings. The topological polar surface area (TPSA) is 99.4 Å². The Hall–Kier alpha value is -0.240. The van der Waals surface area contributed by atoms with E-state index in [1.54, 1.807) is 20.8 Å². The average molecular weight is 228 g/mol. The summed E-state index contributed by atoms with van der Waals surface area (Å²) < 4.78 is 0. The van der Waals surface area contributed by atoms with Crippen LogP contribution in [0.3, 0.4) is 0 Å². The summed E-state index contributed by atoms with van der Waals surface area (Å²) in [5, 5.41) is 28.0. The van der Waals surface area contributed by atoms with E-state index in [1.807, 2.05) is 20.8 Å². The van der Waals surface area contributed by atoms with Gasteiger partial charge in [-0.25, -0.2) is 9.78 Å². The molecule has 0 heterocycles. The second-order valence-corrected chi connectivity index (χ2v) is 4.41. The predicted octanol–water partition coefficient (Wildman–Crippen LogP) is 2.96. The van der Waals surface area contributed by atoms with E-state index >= 15 is 0 Å². The van der Waals surface area contributed by atoms with Crippen LogP contribution in [0.2, 0.25) is 0 Å². The fourth-order valence-corrected chi connectivity index (χ4v) is 0.0645. The van der Waals surface area contributed by atoms with Crippen LogP contribution in [0.15, 0.2) is 0 Å². The lowest BCUT2D eigenvalue weighted by Gasteiger charge is -2.16. The van der Waals surface area contributed by atoms with Gasteiger partial charge in [0.1, 0.15) is 0 Å². The third kappa shape index (κ3) is 24.8. The van der Waals surface area contributed by atoms with Crippen molar-refractivity contribution in [3.8, 4) is 0 Å². The predicted molar refractivity (Wildman–Crippen MR) is 56.8 cm³/mol. The summed E-state index contributed by atoms with van der Waals surface area (Å²) in [5.41, 5.74) is -0.764. The first-order chi connectivity index (χ1) is 6.68. The van der Waals surface area contributed by atoms with Crippen molar-refractivity contribution in [2.45, 2.75) is 59.2 Å². The van der Waals surface area contributed by atoms with Crippen LogP contribution in [-0.4, -0.2) is 32.2 Å². The van der Waals surface area contributed by atoms with E-state index in [9.17, 15) is 0 Å². The number of hydrogen-bond donors (Lipinski definition) is 4. The molecule has 0 radical (unpaired) electrons. The molecular weight excluding hydrogens is 204 g/mol. The standard InChI is InChI=1S/C5H12O2.C4H10O2.H2O2/c1-4-5(2,3)7-6;1-4(2,3)6-5;1-2/h6H,4H2,1-3H3;5H,1-3H3;1-2H. The first-order valence-corrected chi connectivity index (χ1v) is 4.53. The number of rotatable bonds is 2. The van der Waals surface area contributed by atoms with Crippen molar-refractivity contribution in [1.29, 1.82) is 0 Å². The third-order valence-corrected chi connectivity index (χ3v) is 1.37. The van der Waals surface area contributed by atoms with Crippen molar-refractivity contribution in [1.82, 2.24) is 0 Å². The minimum Gasteiger partial charge on any atom is -0.255 e. The van der Waals surface area contributed by atoms with Gasteiger partial charge in [0.15, 0.2) is 0 Å². The summed E-state index contributed by atoms with van der Waals surface area (Å²) >= 11 is 0. The first kappa shape index (κ1) is 20.2. The Morgan fingerprint density at radius 1 is 0.867 bits per heavy atom. The van der Waals surface area contributed by atoms with Crippen molar-refractivity contribution in [3.63, 3.8) is 0 Å². The Bertz CT molecular complexity index is 112. The van der Waals surface area contributed by atoms with Crippen LogP contribution in [0.4, 0.5) is 0 Å². The van der Waals surface area contributed by atoms with Gasteiger partial charge < -0.3 is 0 Å². The molecule has 0 saturated heterocycles. The van der Waals surface area contributed by atoms with Crippen LogP contribution in [0, 0.1) is 0 Å². The molecule has 0 amide bonds. The molecule has 0 unspecified atom stereocenters. The van der Waals surface area contributed by atoms with Gasteiger partial charge in [-0.05, 0) is 41.0 Å². The summed E-state index contributed by atoms with van der Waals surface area (Å²) in [4.78, 5) is 8.02. The van der Waals surface area contributed by atoms with E-state index in [2.05, 4.69) is 9.78 Å². The molecule has 15 heavy (non-hydrogen) atoms. The van der Waals surface area contributed by atoms with Gasteiger partial charge in [-0.15, -0.1) is 0 Å². The van der Waals surface area contributed by atoms with Crippen molar-refractivity contribution in [3.05, 3.63) is 0 Å². The average Bonchev–Trinajstić information content (AvgIpc) is 2.21. The lowest BCUT2D eigenvalue weighted by molar-refractivity contribution is -0.313. The van der Waals surface area contributed by atoms with Crippen LogP contribution >= 0.6 is 0 Å². The van der Waals surface area contributed by atoms with E-state index in [0.29, 0.717) is 0 Å². The Kier molecular flexibility index (Phi) is 13.9. The monoisotopic (exact) mass is 228 g/mol. The molecule has 0 aliphatic rings. The largest absolute Gasteiger partial charge is 0.255 e. The Labute approximate surface area is 90.9 Å². The first-order valence-electron chi connectivity index (χ1n) is 4.53. The number of hydrogen-bond acceptors (Lipinski definition) is 6. The van der Waals surface area contributed by atoms with E-state index in [-0.39, 0.29) is 5.60 Å². The summed E-state index contributed by atoms with van der Waals surface area (Å²) in [7, 11) is 0. The van der Waals surface area contributed by atoms with E-state index in [4.69, 9.17) is 21.0 Å². The molecule has 4 N–H and O–H groups in total. The Morgan fingerprint density at radius 2 is 1.13 bits per heavy atom. The summed E-state index contributed by atoms with van der Waals surface area (Å²) in [6, 6.07) is 0. The summed E-state index contributed by atoms with van der Waals surface area (Å²) in [6.07, 6.45) is 0.823. The fourth-order valence-electron chi connectivity index (χ4n) is 0.0645. The molecule has 0 aromatic carbocycles. The molecule has 96 valence electrons. The highest BCUT2D eigenvalue weighted by molar-refractivity contribution is 4.61. The molecule has 0 aliphatic carbocycles. The maximum absolute atomic E-state index is 8.09. The van der Waals surface area contributed by atoms with Crippen LogP contribution in [0.5, 0.6) is 0 Å². The molecule has 6 nitrogen and oxygen atoms in total. The zero-order valence-corrected chi connectivity index (χ0v) is 10.3. The highest BCUT2D eigenvalue weighted by atomic mass is 17.1. The van der Waals surface area contributed by atoms with Crippen LogP contribution < -0.4 is 0 Å². The molecule has 0 aromatic heterocycles. The molecule has 0 rings (SSSR count). The molecule has 0 atom stereocenters. The minimum absolute atomic E-state index is 0.361. The summed E-state index contributed by atoms with van der Waals surface area (Å²) in [5.74, 6) is 0. The molecule has 0 aromatic rings. The van der Waals surface area contributed by atoms with Crippen molar-refractivity contribution in [2.24, 2.45) is 0 Å². The van der Waals surface area contributed by atoms with Gasteiger partial charge in [-0.1, -0.05) is 6.92 Å². The van der Waals surface area contributed by atoms with Gasteiger partial charge in [0.2, 0.25) is 0 Å². The zero-order valence-electron chi connectivity index (χ0n) is 10.3. The normalized spacial score (nSPS) is 10.8. The molecule has 0 spiro atoms. The van der Waals surface area contributed by atoms with Gasteiger partial charge in [-0.3, -0.25) is 21.0 Å². The van der Waals surface area contributed by atoms with Crippen LogP contribution in [0.25, 0.3) is 0 Å². The van der Waals surface area contributed by atoms with Gasteiger partial charge in [0, 0.05) is 0 Å². The smallest absolute Gasteiger partial charge is 0.0974 e. The molecule has 0 bridgehead atoms. The Balaban J connectivity index is -0.000000166. The van der Waals surface area contributed by atoms with E-state index < -0.39 is 5.60 Å². The second-order valence-electron chi connectivity index (χ2n) is 4.41. The van der Waals surface area contributed by atoms with Gasteiger partial charge >= 0.3 is 0 Å². The van der Waals surface area contributed by atoms with Crippen molar-refractivity contribution >= 4 is 0 Å². The molecule has 0 saturated carbocycles. The zero-order chi connectivity index (χ0) is 13.1. The maximum atomic E-state index is 8.09. The van der Waals surface area contributed by atoms with Crippen LogP contribution in [0.1, 0.15) is 48.0 Å². The van der Waals surface area contributed by atoms with Crippen molar-refractivity contribution in [2.75, 3.05) is 0 Å². The lowest BCUT2D eigenvalue weighted by Crippen LogP contribution is -2.20. The SMILES string of the molecule is CC(C)(C)OO.CCC(C)(C)OO.OO. The second kappa shape index (κ2) is 10.3. The fraction of sp³-hybridized carbons (Fsp3) is 1.00. The van der Waals surface area contributed by atoms with Crippen LogP contribution in [-0.2, 0) is 9.78 Å². The summed E-state index contributed by atoms with van der Waals surface area (Å²) in [6.45, 7) is 10.9. The molecule has 0 aliphatic heterocycles. The van der Waals surface area contributed by atoms with Crippen molar-refractivity contribution < 1.29 is 30.8 Å². The lowest BCUT2D eigenvalue weighted by atomic mass is 10.1. The van der Waals surface area contributed by atoms with Gasteiger partial charge in [-0.2, -0.15) is 0 Å². The van der Waals surface area contributed by atoms with E-state index in [0.717, 1.165) is 6.42 Å². The maximum Gasteiger partial charge on any atom is 0.0974 e. The molecule has 6 heteroatoms. The highest BCUT2D eigenvalue weighted by Crippen LogP contribution is 2.10. The molecular formula is C9H24O6.